The third kappa shape index (κ3) is 4.67. The van der Waals surface area contributed by atoms with Crippen LogP contribution in [-0.4, -0.2) is 54.8 Å². The summed E-state index contributed by atoms with van der Waals surface area (Å²) in [6, 6.07) is 5.36. The first-order chi connectivity index (χ1) is 17.2. The monoisotopic (exact) mass is 554 g/mol. The van der Waals surface area contributed by atoms with Gasteiger partial charge in [-0.2, -0.15) is 0 Å². The fourth-order valence-electron chi connectivity index (χ4n) is 4.55. The van der Waals surface area contributed by atoms with Gasteiger partial charge in [0.05, 0.1) is 27.7 Å². The fourth-order valence-corrected chi connectivity index (χ4v) is 5.43. The Balaban J connectivity index is 1.56. The molecular formula is C25H23Cl3F2N4O2. The predicted molar refractivity (Wildman–Crippen MR) is 139 cm³/mol. The third-order valence-corrected chi connectivity index (χ3v) is 7.69. The highest BCUT2D eigenvalue weighted by Crippen LogP contribution is 2.44. The van der Waals surface area contributed by atoms with Gasteiger partial charge in [0, 0.05) is 55.4 Å². The Labute approximate surface area is 221 Å². The molecule has 6 nitrogen and oxygen atoms in total. The Kier molecular flexibility index (Phi) is 6.89. The van der Waals surface area contributed by atoms with Crippen molar-refractivity contribution in [3.63, 3.8) is 0 Å². The minimum atomic E-state index is -1.15. The smallest absolute Gasteiger partial charge is 0.257 e. The van der Waals surface area contributed by atoms with Crippen molar-refractivity contribution in [1.29, 1.82) is 0 Å². The molecule has 1 N–H and O–H groups in total. The molecule has 11 heteroatoms. The van der Waals surface area contributed by atoms with Crippen LogP contribution in [0.4, 0.5) is 14.5 Å². The molecule has 5 rings (SSSR count). The number of alkyl halides is 1. The quantitative estimate of drug-likeness (QED) is 0.478. The molecule has 2 aliphatic rings. The highest BCUT2D eigenvalue weighted by atomic mass is 35.5. The maximum Gasteiger partial charge on any atom is 0.257 e. The average Bonchev–Trinajstić information content (AvgIpc) is 3.56. The molecule has 2 unspecified atom stereocenters. The summed E-state index contributed by atoms with van der Waals surface area (Å²) >= 11 is 18.8. The summed E-state index contributed by atoms with van der Waals surface area (Å²) in [6.07, 6.45) is 0.398. The number of anilines is 1. The summed E-state index contributed by atoms with van der Waals surface area (Å²) in [5.74, 6) is -1.34. The van der Waals surface area contributed by atoms with Crippen molar-refractivity contribution in [2.24, 2.45) is 0 Å². The SMILES string of the molecule is CN1CCN(c2c(F)cc3c(=O)c(C(=O)NCc4ccc(Cl)cc4Cl)cn(C4CC4F)c3c2Cl)CC1. The van der Waals surface area contributed by atoms with Crippen LogP contribution in [0, 0.1) is 5.82 Å². The van der Waals surface area contributed by atoms with Crippen LogP contribution in [0.25, 0.3) is 10.9 Å². The van der Waals surface area contributed by atoms with Gasteiger partial charge in [-0.25, -0.2) is 8.78 Å². The molecule has 1 aliphatic heterocycles. The van der Waals surface area contributed by atoms with Crippen LogP contribution >= 0.6 is 34.8 Å². The molecule has 2 atom stereocenters. The molecule has 1 aromatic heterocycles. The van der Waals surface area contributed by atoms with E-state index in [9.17, 15) is 14.0 Å². The van der Waals surface area contributed by atoms with E-state index in [1.165, 1.54) is 10.8 Å². The molecular weight excluding hydrogens is 533 g/mol. The number of carbonyl (C=O) groups is 1. The van der Waals surface area contributed by atoms with Gasteiger partial charge >= 0.3 is 0 Å². The van der Waals surface area contributed by atoms with Crippen LogP contribution in [0.3, 0.4) is 0 Å². The molecule has 2 aromatic carbocycles. The predicted octanol–water partition coefficient (Wildman–Crippen LogP) is 5.07. The molecule has 2 fully saturated rings. The van der Waals surface area contributed by atoms with Crippen LogP contribution < -0.4 is 15.6 Å². The Bertz CT molecular complexity index is 1420. The number of piperazine rings is 1. The van der Waals surface area contributed by atoms with Crippen molar-refractivity contribution in [2.75, 3.05) is 38.1 Å². The number of benzene rings is 2. The zero-order chi connectivity index (χ0) is 25.7. The van der Waals surface area contributed by atoms with Gasteiger partial charge in [-0.1, -0.05) is 40.9 Å². The van der Waals surface area contributed by atoms with Crippen molar-refractivity contribution in [3.8, 4) is 0 Å². The number of nitrogens with one attached hydrogen (secondary N) is 1. The largest absolute Gasteiger partial charge is 0.365 e. The van der Waals surface area contributed by atoms with Crippen LogP contribution in [0.15, 0.2) is 35.3 Å². The molecule has 0 bridgehead atoms. The number of hydrogen-bond acceptors (Lipinski definition) is 4. The van der Waals surface area contributed by atoms with Gasteiger partial charge in [-0.05, 0) is 30.8 Å². The summed E-state index contributed by atoms with van der Waals surface area (Å²) in [5, 5.41) is 3.46. The lowest BCUT2D eigenvalue weighted by Crippen LogP contribution is -2.45. The maximum atomic E-state index is 15.4. The molecule has 190 valence electrons. The van der Waals surface area contributed by atoms with E-state index in [2.05, 4.69) is 10.2 Å². The molecule has 3 aromatic rings. The molecule has 1 saturated heterocycles. The van der Waals surface area contributed by atoms with Gasteiger partial charge in [0.1, 0.15) is 17.6 Å². The van der Waals surface area contributed by atoms with Crippen molar-refractivity contribution in [2.45, 2.75) is 25.2 Å². The lowest BCUT2D eigenvalue weighted by atomic mass is 10.1. The van der Waals surface area contributed by atoms with Crippen molar-refractivity contribution in [1.82, 2.24) is 14.8 Å². The van der Waals surface area contributed by atoms with Crippen LogP contribution in [0.5, 0.6) is 0 Å². The van der Waals surface area contributed by atoms with E-state index in [1.54, 1.807) is 18.2 Å². The highest BCUT2D eigenvalue weighted by molar-refractivity contribution is 6.38. The van der Waals surface area contributed by atoms with E-state index >= 15 is 4.39 Å². The second kappa shape index (κ2) is 9.82. The van der Waals surface area contributed by atoms with Gasteiger partial charge in [-0.3, -0.25) is 9.59 Å². The first-order valence-corrected chi connectivity index (χ1v) is 12.7. The number of halogens is 5. The number of rotatable bonds is 5. The molecule has 1 saturated carbocycles. The number of likely N-dealkylation sites (N-methyl/N-ethyl adjacent to an activating group) is 1. The minimum absolute atomic E-state index is 0.0406. The number of nitrogens with zero attached hydrogens (tertiary/aromatic N) is 3. The zero-order valence-corrected chi connectivity index (χ0v) is 21.6. The van der Waals surface area contributed by atoms with Gasteiger partial charge < -0.3 is 19.7 Å². The first kappa shape index (κ1) is 25.3. The van der Waals surface area contributed by atoms with E-state index in [0.717, 1.165) is 19.2 Å². The molecule has 0 radical (unpaired) electrons. The Morgan fingerprint density at radius 3 is 2.47 bits per heavy atom. The number of amides is 1. The number of fused-ring (bicyclic) bond motifs is 1. The number of carbonyl (C=O) groups excluding carboxylic acids is 1. The Morgan fingerprint density at radius 1 is 1.14 bits per heavy atom. The van der Waals surface area contributed by atoms with Crippen molar-refractivity contribution < 1.29 is 13.6 Å². The van der Waals surface area contributed by atoms with Gasteiger partial charge in [-0.15, -0.1) is 0 Å². The normalized spacial score (nSPS) is 20.1. The van der Waals surface area contributed by atoms with Crippen molar-refractivity contribution >= 4 is 57.3 Å². The van der Waals surface area contributed by atoms with E-state index in [4.69, 9.17) is 34.8 Å². The van der Waals surface area contributed by atoms with E-state index < -0.39 is 29.4 Å². The summed E-state index contributed by atoms with van der Waals surface area (Å²) in [5.41, 5.74) is 0.125. The second-order valence-corrected chi connectivity index (χ2v) is 10.4. The molecule has 1 amide bonds. The molecule has 0 spiro atoms. The number of pyridine rings is 1. The maximum absolute atomic E-state index is 15.4. The summed E-state index contributed by atoms with van der Waals surface area (Å²) in [6.45, 7) is 2.62. The topological polar surface area (TPSA) is 57.6 Å². The molecule has 2 heterocycles. The highest BCUT2D eigenvalue weighted by Gasteiger charge is 2.41. The fraction of sp³-hybridized carbons (Fsp3) is 0.360. The minimum Gasteiger partial charge on any atom is -0.365 e. The zero-order valence-electron chi connectivity index (χ0n) is 19.3. The Hall–Kier alpha value is -2.39. The van der Waals surface area contributed by atoms with E-state index in [0.29, 0.717) is 28.7 Å². The number of hydrogen-bond donors (Lipinski definition) is 1. The van der Waals surface area contributed by atoms with E-state index in [1.807, 2.05) is 11.9 Å². The Morgan fingerprint density at radius 2 is 1.83 bits per heavy atom. The van der Waals surface area contributed by atoms with Gasteiger partial charge in [0.2, 0.25) is 5.43 Å². The van der Waals surface area contributed by atoms with Gasteiger partial charge in [0.15, 0.2) is 0 Å². The molecule has 36 heavy (non-hydrogen) atoms. The summed E-state index contributed by atoms with van der Waals surface area (Å²) in [7, 11) is 1.98. The van der Waals surface area contributed by atoms with E-state index in [-0.39, 0.29) is 40.1 Å². The third-order valence-electron chi connectivity index (χ3n) is 6.74. The standard InChI is InChI=1S/C25H23Cl3F2N4O2/c1-32-4-6-33(7-5-32)23-19(30)9-15-22(21(23)28)34(20-10-18(20)29)12-16(24(15)35)25(36)31-11-13-2-3-14(26)8-17(13)27/h2-3,8-9,12,18,20H,4-7,10-11H2,1H3,(H,31,36). The first-order valence-electron chi connectivity index (χ1n) is 11.5. The van der Waals surface area contributed by atoms with Gasteiger partial charge in [0.25, 0.3) is 5.91 Å². The number of aromatic nitrogens is 1. The lowest BCUT2D eigenvalue weighted by Gasteiger charge is -2.35. The summed E-state index contributed by atoms with van der Waals surface area (Å²) in [4.78, 5) is 30.3. The van der Waals surface area contributed by atoms with Crippen LogP contribution in [0.2, 0.25) is 15.1 Å². The van der Waals surface area contributed by atoms with Crippen molar-refractivity contribution in [3.05, 3.63) is 72.7 Å². The summed E-state index contributed by atoms with van der Waals surface area (Å²) < 4.78 is 31.1. The lowest BCUT2D eigenvalue weighted by molar-refractivity contribution is 0.0949. The second-order valence-electron chi connectivity index (χ2n) is 9.22. The van der Waals surface area contributed by atoms with Crippen LogP contribution in [-0.2, 0) is 6.54 Å². The van der Waals surface area contributed by atoms with Crippen LogP contribution in [0.1, 0.15) is 28.4 Å². The average molecular weight is 556 g/mol. The molecule has 1 aliphatic carbocycles.